The molecular formula is C17H22N2O2. The minimum atomic E-state index is 0.0809. The molecule has 21 heavy (non-hydrogen) atoms. The first-order valence-electron chi connectivity index (χ1n) is 7.57. The Morgan fingerprint density at radius 3 is 2.95 bits per heavy atom. The van der Waals surface area contributed by atoms with Crippen LogP contribution in [0.3, 0.4) is 0 Å². The summed E-state index contributed by atoms with van der Waals surface area (Å²) in [7, 11) is 0. The molecule has 0 aliphatic carbocycles. The number of rotatable bonds is 6. The third-order valence-corrected chi connectivity index (χ3v) is 3.91. The molecule has 0 fully saturated rings. The fourth-order valence-corrected chi connectivity index (χ4v) is 2.88. The third kappa shape index (κ3) is 3.18. The molecule has 2 N–H and O–H groups in total. The van der Waals surface area contributed by atoms with Crippen molar-refractivity contribution in [2.75, 3.05) is 32.9 Å². The average Bonchev–Trinajstić information content (AvgIpc) is 2.92. The SMILES string of the molecule is OCCOCCn1cc(C2=CCNCC2)c2ccccc21. The number of fused-ring (bicyclic) bond motifs is 1. The molecule has 0 spiro atoms. The summed E-state index contributed by atoms with van der Waals surface area (Å²) in [5, 5.41) is 13.4. The topological polar surface area (TPSA) is 46.4 Å². The predicted octanol–water partition coefficient (Wildman–Crippen LogP) is 2.03. The van der Waals surface area contributed by atoms with Gasteiger partial charge in [0.25, 0.3) is 0 Å². The van der Waals surface area contributed by atoms with E-state index in [1.165, 1.54) is 22.0 Å². The molecule has 1 aromatic heterocycles. The molecule has 0 saturated heterocycles. The molecule has 0 saturated carbocycles. The van der Waals surface area contributed by atoms with Crippen molar-refractivity contribution in [3.63, 3.8) is 0 Å². The van der Waals surface area contributed by atoms with Crippen LogP contribution in [0.5, 0.6) is 0 Å². The van der Waals surface area contributed by atoms with Crippen molar-refractivity contribution < 1.29 is 9.84 Å². The maximum absolute atomic E-state index is 8.76. The zero-order chi connectivity index (χ0) is 14.5. The number of hydrogen-bond acceptors (Lipinski definition) is 3. The number of hydrogen-bond donors (Lipinski definition) is 2. The molecule has 0 bridgehead atoms. The van der Waals surface area contributed by atoms with Crippen LogP contribution in [-0.2, 0) is 11.3 Å². The van der Waals surface area contributed by atoms with E-state index >= 15 is 0 Å². The highest BCUT2D eigenvalue weighted by atomic mass is 16.5. The second-order valence-electron chi connectivity index (χ2n) is 5.27. The Hall–Kier alpha value is -1.62. The maximum atomic E-state index is 8.76. The maximum Gasteiger partial charge on any atom is 0.0698 e. The molecule has 2 heterocycles. The van der Waals surface area contributed by atoms with Crippen LogP contribution in [-0.4, -0.2) is 42.6 Å². The van der Waals surface area contributed by atoms with Gasteiger partial charge >= 0.3 is 0 Å². The van der Waals surface area contributed by atoms with Crippen molar-refractivity contribution >= 4 is 16.5 Å². The summed E-state index contributed by atoms with van der Waals surface area (Å²) in [6.45, 7) is 3.92. The van der Waals surface area contributed by atoms with Crippen molar-refractivity contribution in [3.8, 4) is 0 Å². The summed E-state index contributed by atoms with van der Waals surface area (Å²) in [5.74, 6) is 0. The second-order valence-corrected chi connectivity index (χ2v) is 5.27. The Balaban J connectivity index is 1.88. The van der Waals surface area contributed by atoms with Gasteiger partial charge in [-0.25, -0.2) is 0 Å². The number of aliphatic hydroxyl groups is 1. The average molecular weight is 286 g/mol. The number of aliphatic hydroxyl groups excluding tert-OH is 1. The lowest BCUT2D eigenvalue weighted by Gasteiger charge is -2.13. The molecule has 4 nitrogen and oxygen atoms in total. The zero-order valence-electron chi connectivity index (χ0n) is 12.2. The summed E-state index contributed by atoms with van der Waals surface area (Å²) >= 11 is 0. The van der Waals surface area contributed by atoms with Crippen molar-refractivity contribution in [3.05, 3.63) is 42.1 Å². The lowest BCUT2D eigenvalue weighted by molar-refractivity contribution is 0.0875. The molecule has 1 aromatic carbocycles. The van der Waals surface area contributed by atoms with E-state index in [4.69, 9.17) is 9.84 Å². The van der Waals surface area contributed by atoms with Crippen LogP contribution >= 0.6 is 0 Å². The van der Waals surface area contributed by atoms with Gasteiger partial charge < -0.3 is 19.7 Å². The molecule has 2 aromatic rings. The molecule has 4 heteroatoms. The van der Waals surface area contributed by atoms with Crippen molar-refractivity contribution in [1.29, 1.82) is 0 Å². The Kier molecular flexibility index (Phi) is 4.70. The smallest absolute Gasteiger partial charge is 0.0698 e. The molecule has 0 unspecified atom stereocenters. The Bertz CT molecular complexity index is 631. The van der Waals surface area contributed by atoms with Crippen LogP contribution < -0.4 is 5.32 Å². The van der Waals surface area contributed by atoms with Crippen LogP contribution in [0.2, 0.25) is 0 Å². The first kappa shape index (κ1) is 14.3. The highest BCUT2D eigenvalue weighted by Gasteiger charge is 2.13. The highest BCUT2D eigenvalue weighted by Crippen LogP contribution is 2.29. The van der Waals surface area contributed by atoms with Gasteiger partial charge in [-0.3, -0.25) is 0 Å². The van der Waals surface area contributed by atoms with Gasteiger partial charge in [-0.05, 0) is 24.6 Å². The van der Waals surface area contributed by atoms with E-state index in [0.29, 0.717) is 13.2 Å². The number of benzene rings is 1. The van der Waals surface area contributed by atoms with Gasteiger partial charge in [0.15, 0.2) is 0 Å². The summed E-state index contributed by atoms with van der Waals surface area (Å²) in [6.07, 6.45) is 5.61. The van der Waals surface area contributed by atoms with E-state index in [0.717, 1.165) is 26.1 Å². The fourth-order valence-electron chi connectivity index (χ4n) is 2.88. The van der Waals surface area contributed by atoms with Gasteiger partial charge in [0.1, 0.15) is 0 Å². The normalized spacial score (nSPS) is 15.4. The van der Waals surface area contributed by atoms with Gasteiger partial charge in [0.05, 0.1) is 19.8 Å². The van der Waals surface area contributed by atoms with Crippen molar-refractivity contribution in [2.45, 2.75) is 13.0 Å². The number of aromatic nitrogens is 1. The van der Waals surface area contributed by atoms with Gasteiger partial charge in [0, 0.05) is 35.8 Å². The minimum Gasteiger partial charge on any atom is -0.394 e. The summed E-state index contributed by atoms with van der Waals surface area (Å²) in [5.41, 5.74) is 4.02. The monoisotopic (exact) mass is 286 g/mol. The summed E-state index contributed by atoms with van der Waals surface area (Å²) in [4.78, 5) is 0. The van der Waals surface area contributed by atoms with Crippen LogP contribution in [0.25, 0.3) is 16.5 Å². The highest BCUT2D eigenvalue weighted by molar-refractivity contribution is 5.93. The molecule has 1 aliphatic rings. The van der Waals surface area contributed by atoms with Crippen LogP contribution in [0, 0.1) is 0 Å². The summed E-state index contributed by atoms with van der Waals surface area (Å²) in [6, 6.07) is 8.53. The van der Waals surface area contributed by atoms with Gasteiger partial charge in [-0.2, -0.15) is 0 Å². The lowest BCUT2D eigenvalue weighted by Crippen LogP contribution is -2.19. The van der Waals surface area contributed by atoms with E-state index in [1.54, 1.807) is 0 Å². The van der Waals surface area contributed by atoms with Crippen LogP contribution in [0.1, 0.15) is 12.0 Å². The van der Waals surface area contributed by atoms with Crippen molar-refractivity contribution in [2.24, 2.45) is 0 Å². The Morgan fingerprint density at radius 1 is 1.24 bits per heavy atom. The van der Waals surface area contributed by atoms with E-state index in [1.807, 2.05) is 0 Å². The molecule has 1 aliphatic heterocycles. The molecular weight excluding hydrogens is 264 g/mol. The molecule has 0 radical (unpaired) electrons. The lowest BCUT2D eigenvalue weighted by atomic mass is 10.00. The largest absolute Gasteiger partial charge is 0.394 e. The van der Waals surface area contributed by atoms with E-state index in [9.17, 15) is 0 Å². The van der Waals surface area contributed by atoms with Gasteiger partial charge in [0.2, 0.25) is 0 Å². The van der Waals surface area contributed by atoms with Gasteiger partial charge in [-0.1, -0.05) is 24.3 Å². The number of nitrogens with zero attached hydrogens (tertiary/aromatic N) is 1. The zero-order valence-corrected chi connectivity index (χ0v) is 12.2. The second kappa shape index (κ2) is 6.89. The first-order chi connectivity index (χ1) is 10.4. The quantitative estimate of drug-likeness (QED) is 0.799. The number of para-hydroxylation sites is 1. The third-order valence-electron chi connectivity index (χ3n) is 3.91. The number of ether oxygens (including phenoxy) is 1. The first-order valence-corrected chi connectivity index (χ1v) is 7.57. The van der Waals surface area contributed by atoms with Crippen LogP contribution in [0.4, 0.5) is 0 Å². The molecule has 112 valence electrons. The minimum absolute atomic E-state index is 0.0809. The van der Waals surface area contributed by atoms with E-state index < -0.39 is 0 Å². The summed E-state index contributed by atoms with van der Waals surface area (Å²) < 4.78 is 7.65. The molecule has 3 rings (SSSR count). The van der Waals surface area contributed by atoms with Gasteiger partial charge in [-0.15, -0.1) is 0 Å². The van der Waals surface area contributed by atoms with Crippen molar-refractivity contribution in [1.82, 2.24) is 9.88 Å². The Labute approximate surface area is 125 Å². The van der Waals surface area contributed by atoms with E-state index in [2.05, 4.69) is 46.4 Å². The molecule has 0 atom stereocenters. The molecule has 0 amide bonds. The fraction of sp³-hybridized carbons (Fsp3) is 0.412. The predicted molar refractivity (Wildman–Crippen MR) is 85.3 cm³/mol. The van der Waals surface area contributed by atoms with E-state index in [-0.39, 0.29) is 6.61 Å². The standard InChI is InChI=1S/C17H22N2O2/c20-10-12-21-11-9-19-13-16(14-5-7-18-8-6-14)15-3-1-2-4-17(15)19/h1-5,13,18,20H,6-12H2. The van der Waals surface area contributed by atoms with Crippen LogP contribution in [0.15, 0.2) is 36.5 Å². The Morgan fingerprint density at radius 2 is 2.14 bits per heavy atom. The number of nitrogens with one attached hydrogen (secondary N) is 1.